The van der Waals surface area contributed by atoms with Crippen LogP contribution in [0.15, 0.2) is 24.3 Å². The third kappa shape index (κ3) is 3.21. The standard InChI is InChI=1S/C21H30N2O3S/c1-16(2)17-5-7-18(8-6-17)20(24)23-14-21(15-23)19(9-12-27(21,25)26)13-22-10-3-4-11-22/h5-8,16,19H,3-4,9-15H2,1-2H3. The number of sulfone groups is 1. The highest BCUT2D eigenvalue weighted by Crippen LogP contribution is 2.45. The van der Waals surface area contributed by atoms with Crippen molar-refractivity contribution in [3.05, 3.63) is 35.4 Å². The van der Waals surface area contributed by atoms with Gasteiger partial charge in [-0.3, -0.25) is 4.79 Å². The fourth-order valence-electron chi connectivity index (χ4n) is 4.94. The molecule has 1 atom stereocenters. The number of likely N-dealkylation sites (tertiary alicyclic amines) is 2. The minimum Gasteiger partial charge on any atom is -0.335 e. The second-order valence-corrected chi connectivity index (χ2v) is 11.3. The molecular formula is C21H30N2O3S. The topological polar surface area (TPSA) is 57.7 Å². The van der Waals surface area contributed by atoms with Gasteiger partial charge in [0.1, 0.15) is 4.75 Å². The van der Waals surface area contributed by atoms with Crippen LogP contribution in [-0.2, 0) is 9.84 Å². The Labute approximate surface area is 162 Å². The molecule has 0 bridgehead atoms. The molecule has 148 valence electrons. The van der Waals surface area contributed by atoms with Crippen LogP contribution < -0.4 is 0 Å². The molecule has 27 heavy (non-hydrogen) atoms. The Morgan fingerprint density at radius 2 is 1.78 bits per heavy atom. The van der Waals surface area contributed by atoms with Gasteiger partial charge in [-0.2, -0.15) is 0 Å². The van der Waals surface area contributed by atoms with Crippen LogP contribution in [0.25, 0.3) is 0 Å². The number of amides is 1. The molecule has 3 saturated heterocycles. The van der Waals surface area contributed by atoms with Gasteiger partial charge in [0, 0.05) is 25.2 Å². The summed E-state index contributed by atoms with van der Waals surface area (Å²) in [5, 5.41) is 0. The number of benzene rings is 1. The van der Waals surface area contributed by atoms with Gasteiger partial charge < -0.3 is 9.80 Å². The summed E-state index contributed by atoms with van der Waals surface area (Å²) in [6, 6.07) is 7.73. The summed E-state index contributed by atoms with van der Waals surface area (Å²) in [6.07, 6.45) is 3.16. The van der Waals surface area contributed by atoms with Crippen molar-refractivity contribution in [3.63, 3.8) is 0 Å². The molecule has 6 heteroatoms. The predicted molar refractivity (Wildman–Crippen MR) is 107 cm³/mol. The molecule has 1 amide bonds. The highest BCUT2D eigenvalue weighted by Gasteiger charge is 2.62. The van der Waals surface area contributed by atoms with Gasteiger partial charge >= 0.3 is 0 Å². The molecule has 4 rings (SSSR count). The highest BCUT2D eigenvalue weighted by molar-refractivity contribution is 7.93. The van der Waals surface area contributed by atoms with E-state index in [1.165, 1.54) is 18.4 Å². The first-order chi connectivity index (χ1) is 12.8. The summed E-state index contributed by atoms with van der Waals surface area (Å²) >= 11 is 0. The van der Waals surface area contributed by atoms with Crippen molar-refractivity contribution in [2.45, 2.75) is 43.8 Å². The van der Waals surface area contributed by atoms with E-state index in [2.05, 4.69) is 18.7 Å². The molecule has 3 aliphatic heterocycles. The van der Waals surface area contributed by atoms with E-state index in [1.54, 1.807) is 4.90 Å². The maximum Gasteiger partial charge on any atom is 0.253 e. The van der Waals surface area contributed by atoms with Gasteiger partial charge in [-0.05, 0) is 61.9 Å². The zero-order valence-electron chi connectivity index (χ0n) is 16.4. The quantitative estimate of drug-likeness (QED) is 0.793. The van der Waals surface area contributed by atoms with Gasteiger partial charge in [0.05, 0.1) is 5.75 Å². The third-order valence-electron chi connectivity index (χ3n) is 6.80. The Balaban J connectivity index is 1.47. The van der Waals surface area contributed by atoms with E-state index >= 15 is 0 Å². The van der Waals surface area contributed by atoms with Crippen LogP contribution in [0, 0.1) is 5.92 Å². The number of hydrogen-bond acceptors (Lipinski definition) is 4. The smallest absolute Gasteiger partial charge is 0.253 e. The average molecular weight is 391 g/mol. The molecule has 0 N–H and O–H groups in total. The predicted octanol–water partition coefficient (Wildman–Crippen LogP) is 2.54. The van der Waals surface area contributed by atoms with Crippen LogP contribution in [0.4, 0.5) is 0 Å². The monoisotopic (exact) mass is 390 g/mol. The number of nitrogens with zero attached hydrogens (tertiary/aromatic N) is 2. The molecule has 1 spiro atoms. The van der Waals surface area contributed by atoms with Crippen LogP contribution in [0.1, 0.15) is 54.9 Å². The Bertz CT molecular complexity index is 804. The molecule has 0 saturated carbocycles. The molecule has 5 nitrogen and oxygen atoms in total. The molecule has 3 heterocycles. The van der Waals surface area contributed by atoms with E-state index in [0.717, 1.165) is 26.1 Å². The first-order valence-corrected chi connectivity index (χ1v) is 11.8. The van der Waals surface area contributed by atoms with Crippen LogP contribution in [-0.4, -0.2) is 67.3 Å². The van der Waals surface area contributed by atoms with Crippen LogP contribution in [0.5, 0.6) is 0 Å². The van der Waals surface area contributed by atoms with Gasteiger partial charge in [-0.15, -0.1) is 0 Å². The number of hydrogen-bond donors (Lipinski definition) is 0. The molecule has 0 aliphatic carbocycles. The minimum absolute atomic E-state index is 0.0436. The fourth-order valence-corrected chi connectivity index (χ4v) is 7.35. The van der Waals surface area contributed by atoms with Gasteiger partial charge in [0.2, 0.25) is 0 Å². The first-order valence-electron chi connectivity index (χ1n) is 10.2. The Morgan fingerprint density at radius 3 is 2.37 bits per heavy atom. The van der Waals surface area contributed by atoms with Gasteiger partial charge in [-0.25, -0.2) is 8.42 Å². The van der Waals surface area contributed by atoms with Crippen LogP contribution >= 0.6 is 0 Å². The number of rotatable bonds is 4. The van der Waals surface area contributed by atoms with Crippen molar-refractivity contribution >= 4 is 15.7 Å². The minimum atomic E-state index is -3.13. The van der Waals surface area contributed by atoms with E-state index in [0.29, 0.717) is 24.6 Å². The van der Waals surface area contributed by atoms with Crippen molar-refractivity contribution < 1.29 is 13.2 Å². The second-order valence-electron chi connectivity index (χ2n) is 8.81. The largest absolute Gasteiger partial charge is 0.335 e. The lowest BCUT2D eigenvalue weighted by Crippen LogP contribution is -2.69. The lowest BCUT2D eigenvalue weighted by molar-refractivity contribution is 0.0433. The second kappa shape index (κ2) is 6.89. The summed E-state index contributed by atoms with van der Waals surface area (Å²) < 4.78 is 24.9. The lowest BCUT2D eigenvalue weighted by atomic mass is 9.82. The number of carbonyl (C=O) groups excluding carboxylic acids is 1. The Kier molecular flexibility index (Phi) is 4.83. The molecule has 3 aliphatic rings. The van der Waals surface area contributed by atoms with Crippen molar-refractivity contribution in [1.82, 2.24) is 9.80 Å². The average Bonchev–Trinajstić information content (AvgIpc) is 3.19. The van der Waals surface area contributed by atoms with Gasteiger partial charge in [-0.1, -0.05) is 26.0 Å². The first kappa shape index (κ1) is 18.9. The summed E-state index contributed by atoms with van der Waals surface area (Å²) in [7, 11) is -3.13. The highest BCUT2D eigenvalue weighted by atomic mass is 32.2. The van der Waals surface area contributed by atoms with Crippen molar-refractivity contribution in [2.24, 2.45) is 5.92 Å². The zero-order chi connectivity index (χ0) is 19.2. The molecule has 0 radical (unpaired) electrons. The SMILES string of the molecule is CC(C)c1ccc(C(=O)N2CC3(C2)C(CN2CCCC2)CCS3(=O)=O)cc1. The summed E-state index contributed by atoms with van der Waals surface area (Å²) in [4.78, 5) is 17.0. The molecule has 0 aromatic heterocycles. The van der Waals surface area contributed by atoms with Crippen molar-refractivity contribution in [2.75, 3.05) is 38.5 Å². The van der Waals surface area contributed by atoms with Crippen LogP contribution in [0.3, 0.4) is 0 Å². The molecular weight excluding hydrogens is 360 g/mol. The fraction of sp³-hybridized carbons (Fsp3) is 0.667. The van der Waals surface area contributed by atoms with Crippen LogP contribution in [0.2, 0.25) is 0 Å². The molecule has 1 aromatic carbocycles. The summed E-state index contributed by atoms with van der Waals surface area (Å²) in [5.74, 6) is 0.818. The normalized spacial score (nSPS) is 26.6. The summed E-state index contributed by atoms with van der Waals surface area (Å²) in [5.41, 5.74) is 1.86. The van der Waals surface area contributed by atoms with E-state index in [4.69, 9.17) is 0 Å². The van der Waals surface area contributed by atoms with E-state index < -0.39 is 14.6 Å². The van der Waals surface area contributed by atoms with Crippen molar-refractivity contribution in [3.8, 4) is 0 Å². The molecule has 1 aromatic rings. The van der Waals surface area contributed by atoms with E-state index in [9.17, 15) is 13.2 Å². The zero-order valence-corrected chi connectivity index (χ0v) is 17.2. The molecule has 1 unspecified atom stereocenters. The van der Waals surface area contributed by atoms with Gasteiger partial charge in [0.25, 0.3) is 5.91 Å². The maximum absolute atomic E-state index is 12.8. The van der Waals surface area contributed by atoms with E-state index in [1.807, 2.05) is 24.3 Å². The number of carbonyl (C=O) groups is 1. The lowest BCUT2D eigenvalue weighted by Gasteiger charge is -2.50. The van der Waals surface area contributed by atoms with Gasteiger partial charge in [0.15, 0.2) is 9.84 Å². The Morgan fingerprint density at radius 1 is 1.15 bits per heavy atom. The Hall–Kier alpha value is -1.40. The molecule has 3 fully saturated rings. The summed E-state index contributed by atoms with van der Waals surface area (Å²) in [6.45, 7) is 8.00. The third-order valence-corrected chi connectivity index (χ3v) is 9.41. The van der Waals surface area contributed by atoms with E-state index in [-0.39, 0.29) is 17.6 Å². The maximum atomic E-state index is 12.8. The van der Waals surface area contributed by atoms with Crippen molar-refractivity contribution in [1.29, 1.82) is 0 Å².